The van der Waals surface area contributed by atoms with Crippen molar-refractivity contribution in [2.45, 2.75) is 39.2 Å². The monoisotopic (exact) mass is 362 g/mol. The second-order valence-electron chi connectivity index (χ2n) is 5.87. The van der Waals surface area contributed by atoms with Gasteiger partial charge in [0.25, 0.3) is 5.56 Å². The third kappa shape index (κ3) is 2.67. The van der Waals surface area contributed by atoms with Crippen molar-refractivity contribution in [3.05, 3.63) is 39.1 Å². The third-order valence-electron chi connectivity index (χ3n) is 3.95. The van der Waals surface area contributed by atoms with Crippen molar-refractivity contribution >= 4 is 38.9 Å². The summed E-state index contributed by atoms with van der Waals surface area (Å²) in [5.74, 6) is -0.514. The van der Waals surface area contributed by atoms with Crippen LogP contribution in [0.4, 0.5) is 0 Å². The largest absolute Gasteiger partial charge is 0.480 e. The van der Waals surface area contributed by atoms with Gasteiger partial charge in [-0.3, -0.25) is 9.36 Å². The van der Waals surface area contributed by atoms with Gasteiger partial charge in [-0.05, 0) is 17.9 Å². The number of aromatic nitrogens is 2. The molecule has 0 aliphatic rings. The van der Waals surface area contributed by atoms with Gasteiger partial charge in [0.2, 0.25) is 0 Å². The fraction of sp³-hybridized carbons (Fsp3) is 0.353. The SMILES string of the molecule is CCC(C(=O)O)n1c(C(C)C)nc2scc(-c3cccs3)c2c1=O. The van der Waals surface area contributed by atoms with Crippen molar-refractivity contribution in [2.75, 3.05) is 0 Å². The molecule has 0 spiro atoms. The van der Waals surface area contributed by atoms with E-state index in [4.69, 9.17) is 0 Å². The van der Waals surface area contributed by atoms with Crippen LogP contribution < -0.4 is 5.56 Å². The summed E-state index contributed by atoms with van der Waals surface area (Å²) in [6, 6.07) is 2.99. The predicted molar refractivity (Wildman–Crippen MR) is 98.2 cm³/mol. The maximum Gasteiger partial charge on any atom is 0.326 e. The molecule has 0 fully saturated rings. The van der Waals surface area contributed by atoms with Crippen LogP contribution in [0.2, 0.25) is 0 Å². The van der Waals surface area contributed by atoms with Gasteiger partial charge in [-0.25, -0.2) is 9.78 Å². The van der Waals surface area contributed by atoms with Gasteiger partial charge >= 0.3 is 5.97 Å². The van der Waals surface area contributed by atoms with E-state index in [0.717, 1.165) is 10.4 Å². The van der Waals surface area contributed by atoms with Crippen molar-refractivity contribution in [1.82, 2.24) is 9.55 Å². The van der Waals surface area contributed by atoms with Crippen LogP contribution in [-0.2, 0) is 4.79 Å². The minimum Gasteiger partial charge on any atom is -0.480 e. The summed E-state index contributed by atoms with van der Waals surface area (Å²) < 4.78 is 1.37. The zero-order valence-electron chi connectivity index (χ0n) is 13.6. The molecule has 0 amide bonds. The molecule has 126 valence electrons. The highest BCUT2D eigenvalue weighted by molar-refractivity contribution is 7.18. The van der Waals surface area contributed by atoms with Crippen molar-refractivity contribution in [3.63, 3.8) is 0 Å². The van der Waals surface area contributed by atoms with Gasteiger partial charge < -0.3 is 5.11 Å². The first kappa shape index (κ1) is 16.9. The zero-order chi connectivity index (χ0) is 17.4. The summed E-state index contributed by atoms with van der Waals surface area (Å²) in [5.41, 5.74) is 0.578. The van der Waals surface area contributed by atoms with E-state index in [1.165, 1.54) is 15.9 Å². The lowest BCUT2D eigenvalue weighted by atomic mass is 10.1. The molecule has 3 aromatic heterocycles. The Hall–Kier alpha value is -1.99. The summed E-state index contributed by atoms with van der Waals surface area (Å²) >= 11 is 2.98. The minimum atomic E-state index is -1.00. The molecule has 1 N–H and O–H groups in total. The number of carboxylic acids is 1. The third-order valence-corrected chi connectivity index (χ3v) is 5.73. The maximum atomic E-state index is 13.2. The van der Waals surface area contributed by atoms with E-state index < -0.39 is 12.0 Å². The Kier molecular flexibility index (Phi) is 4.56. The molecule has 0 aromatic carbocycles. The summed E-state index contributed by atoms with van der Waals surface area (Å²) in [7, 11) is 0. The summed E-state index contributed by atoms with van der Waals surface area (Å²) in [6.45, 7) is 5.62. The quantitative estimate of drug-likeness (QED) is 0.732. The standard InChI is InChI=1S/C17H18N2O3S2/c1-4-11(17(21)22)19-14(9(2)3)18-15-13(16(19)20)10(8-24-15)12-6-5-7-23-12/h5-9,11H,4H2,1-3H3,(H,21,22). The molecule has 7 heteroatoms. The minimum absolute atomic E-state index is 0.0391. The van der Waals surface area contributed by atoms with E-state index in [2.05, 4.69) is 4.98 Å². The van der Waals surface area contributed by atoms with Crippen molar-refractivity contribution in [2.24, 2.45) is 0 Å². The smallest absolute Gasteiger partial charge is 0.326 e. The lowest BCUT2D eigenvalue weighted by Gasteiger charge is -2.20. The molecule has 0 radical (unpaired) electrons. The summed E-state index contributed by atoms with van der Waals surface area (Å²) in [5, 5.41) is 14.0. The van der Waals surface area contributed by atoms with Crippen LogP contribution in [0.25, 0.3) is 20.7 Å². The first-order chi connectivity index (χ1) is 11.5. The molecule has 1 atom stereocenters. The van der Waals surface area contributed by atoms with Gasteiger partial charge in [0.1, 0.15) is 16.7 Å². The topological polar surface area (TPSA) is 72.2 Å². The Morgan fingerprint density at radius 1 is 1.38 bits per heavy atom. The van der Waals surface area contributed by atoms with E-state index in [9.17, 15) is 14.7 Å². The fourth-order valence-electron chi connectivity index (χ4n) is 2.81. The second-order valence-corrected chi connectivity index (χ2v) is 7.67. The van der Waals surface area contributed by atoms with E-state index in [1.54, 1.807) is 18.3 Å². The molecule has 0 aliphatic heterocycles. The lowest BCUT2D eigenvalue weighted by Crippen LogP contribution is -2.33. The molecule has 5 nitrogen and oxygen atoms in total. The highest BCUT2D eigenvalue weighted by Gasteiger charge is 2.26. The van der Waals surface area contributed by atoms with Crippen LogP contribution in [0.3, 0.4) is 0 Å². The molecule has 24 heavy (non-hydrogen) atoms. The van der Waals surface area contributed by atoms with Crippen LogP contribution in [0.1, 0.15) is 45.0 Å². The average molecular weight is 362 g/mol. The number of aliphatic carboxylic acids is 1. The molecule has 0 saturated heterocycles. The molecular weight excluding hydrogens is 344 g/mol. The van der Waals surface area contributed by atoms with Gasteiger partial charge in [-0.2, -0.15) is 0 Å². The summed E-state index contributed by atoms with van der Waals surface area (Å²) in [4.78, 5) is 31.2. The molecule has 0 saturated carbocycles. The molecule has 0 aliphatic carbocycles. The van der Waals surface area contributed by atoms with E-state index in [0.29, 0.717) is 22.5 Å². The van der Waals surface area contributed by atoms with Gasteiger partial charge in [0, 0.05) is 21.7 Å². The van der Waals surface area contributed by atoms with Crippen LogP contribution in [0.5, 0.6) is 0 Å². The van der Waals surface area contributed by atoms with Crippen molar-refractivity contribution in [3.8, 4) is 10.4 Å². The molecular formula is C17H18N2O3S2. The lowest BCUT2D eigenvalue weighted by molar-refractivity contribution is -0.141. The van der Waals surface area contributed by atoms with E-state index in [1.807, 2.05) is 36.7 Å². The Bertz CT molecular complexity index is 939. The van der Waals surface area contributed by atoms with Crippen LogP contribution in [-0.4, -0.2) is 20.6 Å². The number of rotatable bonds is 5. The van der Waals surface area contributed by atoms with E-state index >= 15 is 0 Å². The van der Waals surface area contributed by atoms with Gasteiger partial charge in [0.15, 0.2) is 0 Å². The molecule has 0 bridgehead atoms. The highest BCUT2D eigenvalue weighted by Crippen LogP contribution is 2.34. The predicted octanol–water partition coefficient (Wildman–Crippen LogP) is 4.35. The molecule has 1 unspecified atom stereocenters. The normalized spacial score (nSPS) is 12.8. The van der Waals surface area contributed by atoms with Gasteiger partial charge in [-0.1, -0.05) is 26.8 Å². The average Bonchev–Trinajstić information content (AvgIpc) is 3.17. The summed E-state index contributed by atoms with van der Waals surface area (Å²) in [6.07, 6.45) is 0.334. The Morgan fingerprint density at radius 3 is 2.67 bits per heavy atom. The van der Waals surface area contributed by atoms with Gasteiger partial charge in [0.05, 0.1) is 5.39 Å². The van der Waals surface area contributed by atoms with E-state index in [-0.39, 0.29) is 11.5 Å². The first-order valence-electron chi connectivity index (χ1n) is 7.76. The number of thiophene rings is 2. The maximum absolute atomic E-state index is 13.2. The first-order valence-corrected chi connectivity index (χ1v) is 9.51. The molecule has 3 aromatic rings. The molecule has 3 heterocycles. The van der Waals surface area contributed by atoms with Crippen molar-refractivity contribution < 1.29 is 9.90 Å². The van der Waals surface area contributed by atoms with Crippen LogP contribution >= 0.6 is 22.7 Å². The zero-order valence-corrected chi connectivity index (χ0v) is 15.3. The van der Waals surface area contributed by atoms with Gasteiger partial charge in [-0.15, -0.1) is 22.7 Å². The number of nitrogens with zero attached hydrogens (tertiary/aromatic N) is 2. The highest BCUT2D eigenvalue weighted by atomic mass is 32.1. The van der Waals surface area contributed by atoms with Crippen LogP contribution in [0.15, 0.2) is 27.7 Å². The Morgan fingerprint density at radius 2 is 2.12 bits per heavy atom. The van der Waals surface area contributed by atoms with Crippen LogP contribution in [0, 0.1) is 0 Å². The van der Waals surface area contributed by atoms with Crippen molar-refractivity contribution in [1.29, 1.82) is 0 Å². The number of hydrogen-bond acceptors (Lipinski definition) is 5. The second kappa shape index (κ2) is 6.49. The number of carbonyl (C=O) groups is 1. The number of hydrogen-bond donors (Lipinski definition) is 1. The Labute approximate surface area is 147 Å². The number of fused-ring (bicyclic) bond motifs is 1. The number of carboxylic acid groups (broad SMARTS) is 1. The fourth-order valence-corrected chi connectivity index (χ4v) is 4.57. The Balaban J connectivity index is 2.38. The molecule has 3 rings (SSSR count).